The van der Waals surface area contributed by atoms with Crippen molar-refractivity contribution in [3.8, 4) is 0 Å². The van der Waals surface area contributed by atoms with Gasteiger partial charge in [0, 0.05) is 57.3 Å². The second kappa shape index (κ2) is 15.9. The third-order valence-corrected chi connectivity index (χ3v) is 8.51. The summed E-state index contributed by atoms with van der Waals surface area (Å²) in [7, 11) is 1.80. The lowest BCUT2D eigenvalue weighted by atomic mass is 9.91. The maximum atomic E-state index is 5.12. The number of ether oxygens (including phenoxy) is 1. The molecule has 3 aliphatic heterocycles. The lowest BCUT2D eigenvalue weighted by Crippen LogP contribution is -2.56. The fourth-order valence-corrected chi connectivity index (χ4v) is 6.31. The molecule has 1 aromatic rings. The lowest BCUT2D eigenvalue weighted by Gasteiger charge is -2.42. The molecular formula is C30H55N5O. The molecule has 1 aromatic heterocycles. The fraction of sp³-hybridized carbons (Fsp3) is 0.867. The number of rotatable bonds is 13. The fourth-order valence-electron chi connectivity index (χ4n) is 6.31. The summed E-state index contributed by atoms with van der Waals surface area (Å²) in [6, 6.07) is 1.81. The van der Waals surface area contributed by atoms with E-state index in [4.69, 9.17) is 14.7 Å². The van der Waals surface area contributed by atoms with Gasteiger partial charge >= 0.3 is 0 Å². The van der Waals surface area contributed by atoms with Crippen LogP contribution in [0.25, 0.3) is 0 Å². The maximum absolute atomic E-state index is 5.12. The highest BCUT2D eigenvalue weighted by atomic mass is 16.5. The van der Waals surface area contributed by atoms with E-state index in [1.54, 1.807) is 7.11 Å². The molecule has 2 unspecified atom stereocenters. The zero-order valence-electron chi connectivity index (χ0n) is 24.1. The van der Waals surface area contributed by atoms with Crippen LogP contribution in [0, 0.1) is 0 Å². The smallest absolute Gasteiger partial charge is 0.225 e. The van der Waals surface area contributed by atoms with Gasteiger partial charge in [0.15, 0.2) is 0 Å². The van der Waals surface area contributed by atoms with E-state index in [-0.39, 0.29) is 0 Å². The van der Waals surface area contributed by atoms with Crippen LogP contribution >= 0.6 is 0 Å². The Hall–Kier alpha value is -1.24. The number of piperidine rings is 1. The summed E-state index contributed by atoms with van der Waals surface area (Å²) in [5, 5.41) is 0. The van der Waals surface area contributed by atoms with Gasteiger partial charge in [-0.15, -0.1) is 0 Å². The van der Waals surface area contributed by atoms with Crippen LogP contribution in [-0.4, -0.2) is 84.3 Å². The highest BCUT2D eigenvalue weighted by Crippen LogP contribution is 2.34. The molecule has 0 aromatic carbocycles. The summed E-state index contributed by atoms with van der Waals surface area (Å²) < 4.78 is 5.12. The molecule has 3 fully saturated rings. The Kier molecular flexibility index (Phi) is 12.9. The highest BCUT2D eigenvalue weighted by Gasteiger charge is 2.41. The first-order valence-electron chi connectivity index (χ1n) is 15.2. The minimum atomic E-state index is 0.589. The van der Waals surface area contributed by atoms with Crippen LogP contribution in [0.1, 0.15) is 110 Å². The number of fused-ring (bicyclic) bond motifs is 2. The third-order valence-electron chi connectivity index (χ3n) is 8.51. The SMILES string of the molecule is CC.COCCCCCCCCCN1CCC(c2cnc(N3C4CCC3CN(C(C)C)C4)nc2)CC1. The van der Waals surface area contributed by atoms with Gasteiger partial charge in [-0.25, -0.2) is 9.97 Å². The van der Waals surface area contributed by atoms with E-state index in [9.17, 15) is 0 Å². The normalized spacial score (nSPS) is 23.2. The molecule has 0 amide bonds. The van der Waals surface area contributed by atoms with Gasteiger partial charge in [0.25, 0.3) is 0 Å². The van der Waals surface area contributed by atoms with Crippen LogP contribution in [0.5, 0.6) is 0 Å². The van der Waals surface area contributed by atoms with Gasteiger partial charge in [0.05, 0.1) is 0 Å². The van der Waals surface area contributed by atoms with Crippen molar-refractivity contribution >= 4 is 5.95 Å². The average molecular weight is 502 g/mol. The first-order valence-corrected chi connectivity index (χ1v) is 15.2. The molecule has 6 heteroatoms. The Labute approximate surface area is 222 Å². The molecule has 2 atom stereocenters. The predicted octanol–water partition coefficient (Wildman–Crippen LogP) is 6.12. The van der Waals surface area contributed by atoms with Crippen molar-refractivity contribution in [1.82, 2.24) is 19.8 Å². The number of anilines is 1. The molecule has 0 aliphatic carbocycles. The minimum Gasteiger partial charge on any atom is -0.385 e. The van der Waals surface area contributed by atoms with Gasteiger partial charge in [-0.3, -0.25) is 4.90 Å². The van der Waals surface area contributed by atoms with Crippen molar-refractivity contribution in [2.24, 2.45) is 0 Å². The predicted molar refractivity (Wildman–Crippen MR) is 152 cm³/mol. The summed E-state index contributed by atoms with van der Waals surface area (Å²) in [6.07, 6.45) is 18.8. The number of aromatic nitrogens is 2. The first kappa shape index (κ1) is 29.3. The summed E-state index contributed by atoms with van der Waals surface area (Å²) in [4.78, 5) is 17.6. The summed E-state index contributed by atoms with van der Waals surface area (Å²) >= 11 is 0. The van der Waals surface area contributed by atoms with Crippen molar-refractivity contribution < 1.29 is 4.74 Å². The number of hydrogen-bond donors (Lipinski definition) is 0. The zero-order valence-corrected chi connectivity index (χ0v) is 24.1. The second-order valence-corrected chi connectivity index (χ2v) is 11.2. The molecule has 36 heavy (non-hydrogen) atoms. The van der Waals surface area contributed by atoms with Gasteiger partial charge in [0.1, 0.15) is 0 Å². The number of likely N-dealkylation sites (tertiary alicyclic amines) is 2. The van der Waals surface area contributed by atoms with Gasteiger partial charge in [-0.2, -0.15) is 0 Å². The summed E-state index contributed by atoms with van der Waals surface area (Å²) in [5.41, 5.74) is 1.35. The molecular weight excluding hydrogens is 446 g/mol. The molecule has 0 radical (unpaired) electrons. The third kappa shape index (κ3) is 8.39. The largest absolute Gasteiger partial charge is 0.385 e. The van der Waals surface area contributed by atoms with E-state index in [2.05, 4.69) is 40.9 Å². The second-order valence-electron chi connectivity index (χ2n) is 11.2. The van der Waals surface area contributed by atoms with E-state index in [1.807, 2.05) is 13.8 Å². The van der Waals surface area contributed by atoms with Crippen molar-refractivity contribution in [3.63, 3.8) is 0 Å². The quantitative estimate of drug-likeness (QED) is 0.303. The molecule has 4 rings (SSSR count). The standard InChI is InChI=1S/C28H49N5O.C2H6/c1-23(2)32-21-26-11-12-27(22-32)33(26)28-29-19-25(20-30-28)24-13-16-31(17-14-24)15-9-7-5-4-6-8-10-18-34-3;1-2/h19-20,23-24,26-27H,4-18,21-22H2,1-3H3;1-2H3. The molecule has 4 heterocycles. The van der Waals surface area contributed by atoms with E-state index >= 15 is 0 Å². The van der Waals surface area contributed by atoms with Crippen LogP contribution in [0.2, 0.25) is 0 Å². The first-order chi connectivity index (χ1) is 17.7. The van der Waals surface area contributed by atoms with Crippen LogP contribution < -0.4 is 4.90 Å². The van der Waals surface area contributed by atoms with Crippen LogP contribution in [-0.2, 0) is 4.74 Å². The van der Waals surface area contributed by atoms with Crippen LogP contribution in [0.4, 0.5) is 5.95 Å². The molecule has 2 bridgehead atoms. The van der Waals surface area contributed by atoms with Crippen LogP contribution in [0.3, 0.4) is 0 Å². The van der Waals surface area contributed by atoms with E-state index in [1.165, 1.54) is 95.8 Å². The number of nitrogens with zero attached hydrogens (tertiary/aromatic N) is 5. The molecule has 206 valence electrons. The summed E-state index contributed by atoms with van der Waals surface area (Å²) in [6.45, 7) is 15.6. The monoisotopic (exact) mass is 501 g/mol. The molecule has 3 saturated heterocycles. The van der Waals surface area contributed by atoms with E-state index in [0.29, 0.717) is 24.0 Å². The number of unbranched alkanes of at least 4 members (excludes halogenated alkanes) is 6. The van der Waals surface area contributed by atoms with Crippen molar-refractivity contribution in [2.45, 2.75) is 122 Å². The molecule has 3 aliphatic rings. The van der Waals surface area contributed by atoms with Gasteiger partial charge in [-0.1, -0.05) is 46.0 Å². The number of hydrogen-bond acceptors (Lipinski definition) is 6. The number of methoxy groups -OCH3 is 1. The van der Waals surface area contributed by atoms with Crippen molar-refractivity contribution in [1.29, 1.82) is 0 Å². The number of piperazine rings is 1. The van der Waals surface area contributed by atoms with E-state index in [0.717, 1.165) is 25.6 Å². The van der Waals surface area contributed by atoms with Gasteiger partial charge in [0.2, 0.25) is 5.95 Å². The molecule has 6 nitrogen and oxygen atoms in total. The van der Waals surface area contributed by atoms with Crippen LogP contribution in [0.15, 0.2) is 12.4 Å². The van der Waals surface area contributed by atoms with Gasteiger partial charge in [-0.05, 0) is 83.5 Å². The molecule has 0 N–H and O–H groups in total. The zero-order chi connectivity index (χ0) is 25.8. The Balaban J connectivity index is 0.00000176. The maximum Gasteiger partial charge on any atom is 0.225 e. The molecule has 0 spiro atoms. The topological polar surface area (TPSA) is 44.7 Å². The van der Waals surface area contributed by atoms with Crippen molar-refractivity contribution in [3.05, 3.63) is 18.0 Å². The highest BCUT2D eigenvalue weighted by molar-refractivity contribution is 5.38. The Morgan fingerprint density at radius 3 is 1.94 bits per heavy atom. The lowest BCUT2D eigenvalue weighted by molar-refractivity contribution is 0.176. The van der Waals surface area contributed by atoms with Crippen molar-refractivity contribution in [2.75, 3.05) is 51.3 Å². The average Bonchev–Trinajstić information content (AvgIpc) is 3.18. The molecule has 0 saturated carbocycles. The van der Waals surface area contributed by atoms with E-state index < -0.39 is 0 Å². The Bertz CT molecular complexity index is 690. The van der Waals surface area contributed by atoms with Gasteiger partial charge < -0.3 is 14.5 Å². The Morgan fingerprint density at radius 2 is 1.39 bits per heavy atom. The Morgan fingerprint density at radius 1 is 0.833 bits per heavy atom. The summed E-state index contributed by atoms with van der Waals surface area (Å²) in [5.74, 6) is 1.60. The minimum absolute atomic E-state index is 0.589.